The Hall–Kier alpha value is -4.02. The third kappa shape index (κ3) is 4.60. The van der Waals surface area contributed by atoms with Crippen molar-refractivity contribution in [2.45, 2.75) is 20.0 Å². The highest BCUT2D eigenvalue weighted by molar-refractivity contribution is 5.93. The number of aliphatic imine (C=N–C) groups is 1. The maximum absolute atomic E-state index is 12.8. The summed E-state index contributed by atoms with van der Waals surface area (Å²) in [4.78, 5) is 16.9. The average Bonchev–Trinajstić information content (AvgIpc) is 3.00. The Balaban J connectivity index is 1.46. The Morgan fingerprint density at radius 2 is 1.90 bits per heavy atom. The number of hydrogen-bond donors (Lipinski definition) is 0. The second-order valence-electron chi connectivity index (χ2n) is 6.59. The topological polar surface area (TPSA) is 98.4 Å². The van der Waals surface area contributed by atoms with Crippen LogP contribution in [0.25, 0.3) is 5.69 Å². The van der Waals surface area contributed by atoms with Gasteiger partial charge in [-0.15, -0.1) is 15.3 Å². The molecule has 0 saturated carbocycles. The first kappa shape index (κ1) is 20.3. The minimum Gasteiger partial charge on any atom is -0.470 e. The van der Waals surface area contributed by atoms with Crippen LogP contribution in [0.4, 0.5) is 14.6 Å². The number of alkyl halides is 2. The smallest absolute Gasteiger partial charge is 0.265 e. The Kier molecular flexibility index (Phi) is 5.74. The molecule has 11 heteroatoms. The number of anilines is 1. The summed E-state index contributed by atoms with van der Waals surface area (Å²) in [6, 6.07) is 9.10. The van der Waals surface area contributed by atoms with E-state index in [9.17, 15) is 13.6 Å². The van der Waals surface area contributed by atoms with Gasteiger partial charge in [-0.25, -0.2) is 18.5 Å². The zero-order valence-electron chi connectivity index (χ0n) is 16.4. The first-order valence-corrected chi connectivity index (χ1v) is 9.28. The summed E-state index contributed by atoms with van der Waals surface area (Å²) >= 11 is 0. The Morgan fingerprint density at radius 1 is 1.10 bits per heavy atom. The summed E-state index contributed by atoms with van der Waals surface area (Å²) < 4.78 is 32.8. The zero-order chi connectivity index (χ0) is 21.8. The SMILES string of the molecule is Cc1nnn(-c2ccc(C(F)F)cc2)c1COc1ccc(N2C=CC=NC(=O)C2)nn1. The van der Waals surface area contributed by atoms with Gasteiger partial charge in [0.1, 0.15) is 18.8 Å². The minimum atomic E-state index is -2.54. The number of aryl methyl sites for hydroxylation is 1. The van der Waals surface area contributed by atoms with Gasteiger partial charge in [0.15, 0.2) is 5.82 Å². The Morgan fingerprint density at radius 3 is 2.61 bits per heavy atom. The van der Waals surface area contributed by atoms with Crippen LogP contribution in [0.5, 0.6) is 5.88 Å². The van der Waals surface area contributed by atoms with Gasteiger partial charge in [0.2, 0.25) is 5.88 Å². The monoisotopic (exact) mass is 425 g/mol. The van der Waals surface area contributed by atoms with Crippen LogP contribution in [-0.4, -0.2) is 43.9 Å². The number of ether oxygens (including phenoxy) is 1. The molecule has 3 heterocycles. The molecule has 4 rings (SSSR count). The van der Waals surface area contributed by atoms with Crippen LogP contribution in [0.2, 0.25) is 0 Å². The lowest BCUT2D eigenvalue weighted by Gasteiger charge is -2.15. The van der Waals surface area contributed by atoms with Gasteiger partial charge in [-0.3, -0.25) is 4.79 Å². The summed E-state index contributed by atoms with van der Waals surface area (Å²) in [6.07, 6.45) is 2.22. The van der Waals surface area contributed by atoms with Gasteiger partial charge >= 0.3 is 0 Å². The molecule has 1 aliphatic rings. The number of nitrogens with zero attached hydrogens (tertiary/aromatic N) is 7. The number of halogens is 2. The predicted octanol–water partition coefficient (Wildman–Crippen LogP) is 2.81. The molecule has 1 aromatic carbocycles. The van der Waals surface area contributed by atoms with Crippen molar-refractivity contribution >= 4 is 17.9 Å². The van der Waals surface area contributed by atoms with E-state index in [1.165, 1.54) is 23.0 Å². The maximum Gasteiger partial charge on any atom is 0.265 e. The molecule has 0 spiro atoms. The van der Waals surface area contributed by atoms with E-state index in [4.69, 9.17) is 4.74 Å². The molecule has 31 heavy (non-hydrogen) atoms. The molecule has 0 fully saturated rings. The molecule has 1 aliphatic heterocycles. The summed E-state index contributed by atoms with van der Waals surface area (Å²) in [5, 5.41) is 16.2. The molecule has 0 N–H and O–H groups in total. The van der Waals surface area contributed by atoms with E-state index in [-0.39, 0.29) is 30.5 Å². The summed E-state index contributed by atoms with van der Waals surface area (Å²) in [5.74, 6) is 0.458. The molecule has 9 nitrogen and oxygen atoms in total. The quantitative estimate of drug-likeness (QED) is 0.599. The fourth-order valence-corrected chi connectivity index (χ4v) is 2.86. The molecule has 158 valence electrons. The highest BCUT2D eigenvalue weighted by Crippen LogP contribution is 2.22. The molecule has 1 amide bonds. The van der Waals surface area contributed by atoms with Crippen molar-refractivity contribution in [3.05, 3.63) is 65.6 Å². The number of carbonyl (C=O) groups excluding carboxylic acids is 1. The van der Waals surface area contributed by atoms with Crippen LogP contribution in [0.15, 0.2) is 53.7 Å². The van der Waals surface area contributed by atoms with E-state index in [1.807, 2.05) is 0 Å². The van der Waals surface area contributed by atoms with E-state index in [2.05, 4.69) is 25.5 Å². The van der Waals surface area contributed by atoms with Gasteiger partial charge in [0.25, 0.3) is 12.3 Å². The Bertz CT molecular complexity index is 1130. The van der Waals surface area contributed by atoms with Crippen molar-refractivity contribution in [3.63, 3.8) is 0 Å². The largest absolute Gasteiger partial charge is 0.470 e. The van der Waals surface area contributed by atoms with E-state index in [0.29, 0.717) is 22.9 Å². The predicted molar refractivity (Wildman–Crippen MR) is 107 cm³/mol. The molecule has 2 aromatic heterocycles. The van der Waals surface area contributed by atoms with Gasteiger partial charge in [0.05, 0.1) is 11.4 Å². The van der Waals surface area contributed by atoms with Crippen molar-refractivity contribution in [1.82, 2.24) is 25.2 Å². The van der Waals surface area contributed by atoms with Crippen LogP contribution in [0.1, 0.15) is 23.4 Å². The normalized spacial score (nSPS) is 13.7. The third-order valence-electron chi connectivity index (χ3n) is 4.50. The number of aromatic nitrogens is 5. The average molecular weight is 425 g/mol. The zero-order valence-corrected chi connectivity index (χ0v) is 16.4. The van der Waals surface area contributed by atoms with Crippen LogP contribution in [0.3, 0.4) is 0 Å². The molecule has 0 aliphatic carbocycles. The first-order chi connectivity index (χ1) is 15.0. The van der Waals surface area contributed by atoms with E-state index >= 15 is 0 Å². The fourth-order valence-electron chi connectivity index (χ4n) is 2.86. The summed E-state index contributed by atoms with van der Waals surface area (Å²) in [5.41, 5.74) is 1.80. The molecule has 3 aromatic rings. The second-order valence-corrected chi connectivity index (χ2v) is 6.59. The van der Waals surface area contributed by atoms with Crippen molar-refractivity contribution in [3.8, 4) is 11.6 Å². The second kappa shape index (κ2) is 8.78. The summed E-state index contributed by atoms with van der Waals surface area (Å²) in [6.45, 7) is 1.94. The molecular formula is C20H17F2N7O2. The highest BCUT2D eigenvalue weighted by atomic mass is 19.3. The van der Waals surface area contributed by atoms with E-state index < -0.39 is 6.43 Å². The molecule has 0 bridgehead atoms. The van der Waals surface area contributed by atoms with E-state index in [1.54, 1.807) is 48.4 Å². The molecule has 0 radical (unpaired) electrons. The van der Waals surface area contributed by atoms with Gasteiger partial charge < -0.3 is 9.64 Å². The summed E-state index contributed by atoms with van der Waals surface area (Å²) in [7, 11) is 0. The van der Waals surface area contributed by atoms with Gasteiger partial charge in [-0.1, -0.05) is 17.3 Å². The number of rotatable bonds is 6. The molecule has 0 atom stereocenters. The van der Waals surface area contributed by atoms with Crippen molar-refractivity contribution in [2.24, 2.45) is 4.99 Å². The van der Waals surface area contributed by atoms with Crippen LogP contribution >= 0.6 is 0 Å². The maximum atomic E-state index is 12.8. The number of amides is 1. The molecule has 0 unspecified atom stereocenters. The highest BCUT2D eigenvalue weighted by Gasteiger charge is 2.15. The van der Waals surface area contributed by atoms with Crippen LogP contribution in [-0.2, 0) is 11.4 Å². The molecule has 0 saturated heterocycles. The van der Waals surface area contributed by atoms with Gasteiger partial charge in [0, 0.05) is 24.0 Å². The lowest BCUT2D eigenvalue weighted by atomic mass is 10.2. The molecular weight excluding hydrogens is 408 g/mol. The van der Waals surface area contributed by atoms with E-state index in [0.717, 1.165) is 0 Å². The van der Waals surface area contributed by atoms with Crippen LogP contribution in [0, 0.1) is 6.92 Å². The number of allylic oxidation sites excluding steroid dienone is 1. The van der Waals surface area contributed by atoms with Crippen molar-refractivity contribution < 1.29 is 18.3 Å². The minimum absolute atomic E-state index is 0.0658. The van der Waals surface area contributed by atoms with Gasteiger partial charge in [-0.2, -0.15) is 0 Å². The van der Waals surface area contributed by atoms with Gasteiger partial charge in [-0.05, 0) is 31.2 Å². The fraction of sp³-hybridized carbons (Fsp3) is 0.200. The lowest BCUT2D eigenvalue weighted by Crippen LogP contribution is -2.23. The standard InChI is InChI=1S/C20H17F2N7O2/c1-13-16(29(27-24-13)15-5-3-14(4-6-15)20(21)22)12-31-19-8-7-17(25-26-19)28-10-2-9-23-18(30)11-28/h2-10,20H,11-12H2,1H3. The lowest BCUT2D eigenvalue weighted by molar-refractivity contribution is -0.116. The van der Waals surface area contributed by atoms with Crippen molar-refractivity contribution in [2.75, 3.05) is 11.4 Å². The van der Waals surface area contributed by atoms with Crippen molar-refractivity contribution in [1.29, 1.82) is 0 Å². The first-order valence-electron chi connectivity index (χ1n) is 9.28. The number of carbonyl (C=O) groups is 1. The Labute approximate surface area is 175 Å². The number of hydrogen-bond acceptors (Lipinski definition) is 7. The van der Waals surface area contributed by atoms with Crippen LogP contribution < -0.4 is 9.64 Å². The third-order valence-corrected chi connectivity index (χ3v) is 4.50. The number of benzene rings is 1.